The van der Waals surface area contributed by atoms with E-state index in [1.54, 1.807) is 7.11 Å². The van der Waals surface area contributed by atoms with Gasteiger partial charge in [0.2, 0.25) is 5.91 Å². The van der Waals surface area contributed by atoms with Crippen LogP contribution in [0.25, 0.3) is 0 Å². The molecule has 1 amide bonds. The molecule has 96 valence electrons. The highest BCUT2D eigenvalue weighted by Crippen LogP contribution is 2.15. The van der Waals surface area contributed by atoms with E-state index in [0.29, 0.717) is 6.61 Å². The van der Waals surface area contributed by atoms with Crippen molar-refractivity contribution in [1.82, 2.24) is 10.2 Å². The molecule has 0 spiro atoms. The lowest BCUT2D eigenvalue weighted by Gasteiger charge is -2.32. The van der Waals surface area contributed by atoms with E-state index in [1.165, 1.54) is 18.4 Å². The molecule has 0 aromatic heterocycles. The van der Waals surface area contributed by atoms with Crippen LogP contribution >= 0.6 is 0 Å². The van der Waals surface area contributed by atoms with Crippen molar-refractivity contribution in [3.63, 3.8) is 0 Å². The van der Waals surface area contributed by atoms with Gasteiger partial charge in [-0.05, 0) is 31.4 Å². The van der Waals surface area contributed by atoms with Gasteiger partial charge in [0.15, 0.2) is 0 Å². The Labute approximate surface area is 103 Å². The average Bonchev–Trinajstić information content (AvgIpc) is 2.40. The van der Waals surface area contributed by atoms with E-state index < -0.39 is 0 Å². The number of amides is 1. The predicted molar refractivity (Wildman–Crippen MR) is 66.8 cm³/mol. The van der Waals surface area contributed by atoms with Gasteiger partial charge in [0.05, 0.1) is 12.6 Å². The smallest absolute Gasteiger partial charge is 0.239 e. The molecule has 4 heteroatoms. The van der Waals surface area contributed by atoms with Crippen LogP contribution in [0.3, 0.4) is 0 Å². The molecule has 0 bridgehead atoms. The molecule has 4 nitrogen and oxygen atoms in total. The number of rotatable bonds is 3. The van der Waals surface area contributed by atoms with Crippen molar-refractivity contribution in [3.05, 3.63) is 11.6 Å². The van der Waals surface area contributed by atoms with Gasteiger partial charge in [-0.25, -0.2) is 0 Å². The maximum Gasteiger partial charge on any atom is 0.239 e. The molecule has 2 aliphatic heterocycles. The highest BCUT2D eigenvalue weighted by Gasteiger charge is 2.26. The van der Waals surface area contributed by atoms with E-state index in [-0.39, 0.29) is 11.9 Å². The zero-order chi connectivity index (χ0) is 12.1. The van der Waals surface area contributed by atoms with Crippen molar-refractivity contribution in [1.29, 1.82) is 0 Å². The van der Waals surface area contributed by atoms with Crippen LogP contribution in [0.15, 0.2) is 11.6 Å². The summed E-state index contributed by atoms with van der Waals surface area (Å²) in [4.78, 5) is 14.2. The molecule has 1 saturated heterocycles. The third-order valence-electron chi connectivity index (χ3n) is 3.55. The number of carbonyl (C=O) groups is 1. The first-order chi connectivity index (χ1) is 8.31. The predicted octanol–water partition coefficient (Wildman–Crippen LogP) is 0.934. The van der Waals surface area contributed by atoms with E-state index in [4.69, 9.17) is 4.74 Å². The van der Waals surface area contributed by atoms with Crippen molar-refractivity contribution in [2.24, 2.45) is 0 Å². The number of hydrogen-bond donors (Lipinski definition) is 1. The van der Waals surface area contributed by atoms with Crippen molar-refractivity contribution in [3.8, 4) is 0 Å². The summed E-state index contributed by atoms with van der Waals surface area (Å²) < 4.78 is 5.11. The molecule has 1 atom stereocenters. The van der Waals surface area contributed by atoms with E-state index in [9.17, 15) is 4.79 Å². The van der Waals surface area contributed by atoms with Gasteiger partial charge in [-0.2, -0.15) is 0 Å². The number of nitrogens with zero attached hydrogens (tertiary/aromatic N) is 1. The van der Waals surface area contributed by atoms with Crippen molar-refractivity contribution in [2.45, 2.75) is 31.7 Å². The Morgan fingerprint density at radius 3 is 3.06 bits per heavy atom. The summed E-state index contributed by atoms with van der Waals surface area (Å²) in [5.74, 6) is 0.275. The molecule has 2 rings (SSSR count). The fourth-order valence-corrected chi connectivity index (χ4v) is 2.51. The fourth-order valence-electron chi connectivity index (χ4n) is 2.51. The van der Waals surface area contributed by atoms with Gasteiger partial charge < -0.3 is 15.0 Å². The monoisotopic (exact) mass is 238 g/mol. The topological polar surface area (TPSA) is 41.6 Å². The Bertz CT molecular complexity index is 296. The van der Waals surface area contributed by atoms with E-state index in [0.717, 1.165) is 32.5 Å². The first-order valence-corrected chi connectivity index (χ1v) is 6.50. The van der Waals surface area contributed by atoms with Gasteiger partial charge in [-0.15, -0.1) is 0 Å². The van der Waals surface area contributed by atoms with Crippen LogP contribution in [0.4, 0.5) is 0 Å². The number of ether oxygens (including phenoxy) is 1. The van der Waals surface area contributed by atoms with Gasteiger partial charge in [-0.1, -0.05) is 12.5 Å². The van der Waals surface area contributed by atoms with Gasteiger partial charge in [0.25, 0.3) is 0 Å². The van der Waals surface area contributed by atoms with Gasteiger partial charge in [0.1, 0.15) is 0 Å². The molecule has 2 heterocycles. The summed E-state index contributed by atoms with van der Waals surface area (Å²) in [5.41, 5.74) is 1.31. The molecule has 0 aromatic rings. The van der Waals surface area contributed by atoms with Crippen LogP contribution < -0.4 is 5.32 Å². The molecule has 0 saturated carbocycles. The van der Waals surface area contributed by atoms with Crippen LogP contribution in [0.5, 0.6) is 0 Å². The fraction of sp³-hybridized carbons (Fsp3) is 0.769. The van der Waals surface area contributed by atoms with Crippen LogP contribution in [-0.4, -0.2) is 50.2 Å². The minimum Gasteiger partial charge on any atom is -0.380 e. The van der Waals surface area contributed by atoms with Crippen LogP contribution in [-0.2, 0) is 9.53 Å². The second-order valence-corrected chi connectivity index (χ2v) is 4.83. The number of nitrogens with one attached hydrogen (secondary N) is 1. The zero-order valence-corrected chi connectivity index (χ0v) is 10.6. The highest BCUT2D eigenvalue weighted by molar-refractivity contribution is 5.82. The number of hydrogen-bond acceptors (Lipinski definition) is 3. The Hall–Kier alpha value is -0.870. The van der Waals surface area contributed by atoms with Crippen LogP contribution in [0.2, 0.25) is 0 Å². The second kappa shape index (κ2) is 6.17. The van der Waals surface area contributed by atoms with E-state index in [1.807, 2.05) is 4.90 Å². The standard InChI is InChI=1S/C13H22N2O2/c1-17-10-11-5-8-15(9-6-11)13(16)12-4-2-3-7-14-12/h5,12,14H,2-4,6-10H2,1H3. The molecular formula is C13H22N2O2. The average molecular weight is 238 g/mol. The maximum absolute atomic E-state index is 12.2. The van der Waals surface area contributed by atoms with Gasteiger partial charge in [0, 0.05) is 20.2 Å². The molecule has 1 N–H and O–H groups in total. The summed E-state index contributed by atoms with van der Waals surface area (Å²) in [6.45, 7) is 3.26. The first kappa shape index (κ1) is 12.6. The number of piperidine rings is 1. The number of carbonyl (C=O) groups excluding carboxylic acids is 1. The Kier molecular flexibility index (Phi) is 4.57. The lowest BCUT2D eigenvalue weighted by atomic mass is 10.0. The Morgan fingerprint density at radius 1 is 1.59 bits per heavy atom. The second-order valence-electron chi connectivity index (χ2n) is 4.83. The first-order valence-electron chi connectivity index (χ1n) is 6.50. The lowest BCUT2D eigenvalue weighted by molar-refractivity contribution is -0.133. The van der Waals surface area contributed by atoms with E-state index in [2.05, 4.69) is 11.4 Å². The minimum absolute atomic E-state index is 0.0566. The maximum atomic E-state index is 12.2. The van der Waals surface area contributed by atoms with Crippen molar-refractivity contribution < 1.29 is 9.53 Å². The molecule has 0 aliphatic carbocycles. The molecule has 2 aliphatic rings. The molecule has 0 aromatic carbocycles. The highest BCUT2D eigenvalue weighted by atomic mass is 16.5. The molecule has 17 heavy (non-hydrogen) atoms. The largest absolute Gasteiger partial charge is 0.380 e. The third-order valence-corrected chi connectivity index (χ3v) is 3.55. The molecular weight excluding hydrogens is 216 g/mol. The summed E-state index contributed by atoms with van der Waals surface area (Å²) in [6, 6.07) is 0.0566. The lowest BCUT2D eigenvalue weighted by Crippen LogP contribution is -2.49. The summed E-state index contributed by atoms with van der Waals surface area (Å²) in [5, 5.41) is 3.32. The molecule has 0 radical (unpaired) electrons. The SMILES string of the molecule is COCC1=CCN(C(=O)C2CCCCN2)CC1. The summed E-state index contributed by atoms with van der Waals surface area (Å²) in [6.07, 6.45) is 6.44. The number of methoxy groups -OCH3 is 1. The van der Waals surface area contributed by atoms with Gasteiger partial charge in [-0.3, -0.25) is 4.79 Å². The molecule has 1 unspecified atom stereocenters. The Balaban J connectivity index is 1.85. The van der Waals surface area contributed by atoms with Crippen molar-refractivity contribution in [2.75, 3.05) is 33.4 Å². The van der Waals surface area contributed by atoms with Crippen LogP contribution in [0.1, 0.15) is 25.7 Å². The summed E-state index contributed by atoms with van der Waals surface area (Å²) >= 11 is 0. The Morgan fingerprint density at radius 2 is 2.47 bits per heavy atom. The third kappa shape index (κ3) is 3.30. The van der Waals surface area contributed by atoms with Crippen LogP contribution in [0, 0.1) is 0 Å². The van der Waals surface area contributed by atoms with Gasteiger partial charge >= 0.3 is 0 Å². The zero-order valence-electron chi connectivity index (χ0n) is 10.6. The van der Waals surface area contributed by atoms with E-state index >= 15 is 0 Å². The minimum atomic E-state index is 0.0566. The van der Waals surface area contributed by atoms with Crippen molar-refractivity contribution >= 4 is 5.91 Å². The normalized spacial score (nSPS) is 25.6. The summed E-state index contributed by atoms with van der Waals surface area (Å²) in [7, 11) is 1.71. The molecule has 1 fully saturated rings. The quantitative estimate of drug-likeness (QED) is 0.744.